The maximum atomic E-state index is 11.8. The number of hydrogen-bond acceptors (Lipinski definition) is 3. The van der Waals surface area contributed by atoms with E-state index >= 15 is 0 Å². The fourth-order valence-electron chi connectivity index (χ4n) is 3.41. The smallest absolute Gasteiger partial charge is 0.239 e. The minimum atomic E-state index is 0.0992. The second-order valence-corrected chi connectivity index (χ2v) is 5.51. The van der Waals surface area contributed by atoms with Crippen LogP contribution in [0.5, 0.6) is 0 Å². The number of carbonyl (C=O) groups excluding carboxylic acids is 1. The largest absolute Gasteiger partial charge is 0.344 e. The topological polar surface area (TPSA) is 35.6 Å². The Bertz CT molecular complexity index is 294. The molecule has 3 aliphatic rings. The third-order valence-electron chi connectivity index (χ3n) is 4.48. The standard InChI is InChI=1S/C12H21N3O/c1-14-5-3-11(12(14)16)13-10-4-7-15-6-2-9(10)8-15/h9-11,13H,2-8H2,1H3. The lowest BCUT2D eigenvalue weighted by Crippen LogP contribution is -2.50. The lowest BCUT2D eigenvalue weighted by molar-refractivity contribution is -0.128. The lowest BCUT2D eigenvalue weighted by atomic mass is 9.93. The van der Waals surface area contributed by atoms with E-state index in [0.29, 0.717) is 11.9 Å². The first-order valence-electron chi connectivity index (χ1n) is 6.47. The minimum absolute atomic E-state index is 0.0992. The fourth-order valence-corrected chi connectivity index (χ4v) is 3.41. The summed E-state index contributed by atoms with van der Waals surface area (Å²) in [4.78, 5) is 16.2. The minimum Gasteiger partial charge on any atom is -0.344 e. The van der Waals surface area contributed by atoms with E-state index in [0.717, 1.165) is 18.9 Å². The van der Waals surface area contributed by atoms with Gasteiger partial charge in [0.15, 0.2) is 0 Å². The molecule has 3 fully saturated rings. The van der Waals surface area contributed by atoms with E-state index in [9.17, 15) is 4.79 Å². The summed E-state index contributed by atoms with van der Waals surface area (Å²) < 4.78 is 0. The zero-order valence-corrected chi connectivity index (χ0v) is 9.98. The number of likely N-dealkylation sites (N-methyl/N-ethyl adjacent to an activating group) is 1. The molecule has 0 aliphatic carbocycles. The molecule has 0 aromatic heterocycles. The van der Waals surface area contributed by atoms with Crippen LogP contribution in [0.2, 0.25) is 0 Å². The first-order valence-corrected chi connectivity index (χ1v) is 6.47. The molecule has 4 nitrogen and oxygen atoms in total. The van der Waals surface area contributed by atoms with Crippen LogP contribution < -0.4 is 5.32 Å². The number of rotatable bonds is 2. The van der Waals surface area contributed by atoms with Gasteiger partial charge in [-0.05, 0) is 38.3 Å². The summed E-state index contributed by atoms with van der Waals surface area (Å²) in [5.41, 5.74) is 0. The Labute approximate surface area is 97.0 Å². The second-order valence-electron chi connectivity index (χ2n) is 5.51. The van der Waals surface area contributed by atoms with Gasteiger partial charge in [-0.1, -0.05) is 0 Å². The molecule has 3 saturated heterocycles. The van der Waals surface area contributed by atoms with Crippen LogP contribution in [-0.4, -0.2) is 61.0 Å². The lowest BCUT2D eigenvalue weighted by Gasteiger charge is -2.32. The van der Waals surface area contributed by atoms with Gasteiger partial charge < -0.3 is 15.1 Å². The van der Waals surface area contributed by atoms with Crippen LogP contribution in [0, 0.1) is 5.92 Å². The van der Waals surface area contributed by atoms with E-state index in [2.05, 4.69) is 10.2 Å². The number of carbonyl (C=O) groups is 1. The van der Waals surface area contributed by atoms with Crippen molar-refractivity contribution >= 4 is 5.91 Å². The summed E-state index contributed by atoms with van der Waals surface area (Å²) in [6.07, 6.45) is 3.52. The quantitative estimate of drug-likeness (QED) is 0.710. The molecule has 4 heteroatoms. The molecule has 90 valence electrons. The Morgan fingerprint density at radius 2 is 2.00 bits per heavy atom. The second kappa shape index (κ2) is 4.00. The number of nitrogens with zero attached hydrogens (tertiary/aromatic N) is 2. The molecule has 0 spiro atoms. The van der Waals surface area contributed by atoms with Crippen LogP contribution in [0.25, 0.3) is 0 Å². The van der Waals surface area contributed by atoms with Crippen molar-refractivity contribution in [3.05, 3.63) is 0 Å². The predicted octanol–water partition coefficient (Wildman–Crippen LogP) is -0.0991. The monoisotopic (exact) mass is 223 g/mol. The third kappa shape index (κ3) is 1.74. The Morgan fingerprint density at radius 3 is 2.75 bits per heavy atom. The third-order valence-corrected chi connectivity index (χ3v) is 4.48. The van der Waals surface area contributed by atoms with Gasteiger partial charge in [0, 0.05) is 26.2 Å². The van der Waals surface area contributed by atoms with Gasteiger partial charge >= 0.3 is 0 Å². The molecule has 3 heterocycles. The molecule has 2 bridgehead atoms. The first-order chi connectivity index (χ1) is 7.74. The zero-order chi connectivity index (χ0) is 11.1. The average Bonchev–Trinajstić information content (AvgIpc) is 2.81. The van der Waals surface area contributed by atoms with E-state index in [1.165, 1.54) is 32.5 Å². The highest BCUT2D eigenvalue weighted by Gasteiger charge is 2.38. The van der Waals surface area contributed by atoms with Crippen LogP contribution in [0.4, 0.5) is 0 Å². The Balaban J connectivity index is 1.60. The molecule has 4 atom stereocenters. The van der Waals surface area contributed by atoms with E-state index in [-0.39, 0.29) is 6.04 Å². The van der Waals surface area contributed by atoms with Crippen molar-refractivity contribution in [3.63, 3.8) is 0 Å². The predicted molar refractivity (Wildman–Crippen MR) is 62.1 cm³/mol. The van der Waals surface area contributed by atoms with Gasteiger partial charge in [0.25, 0.3) is 0 Å². The SMILES string of the molecule is CN1CCC(NC2CCN3CCC2C3)C1=O. The van der Waals surface area contributed by atoms with Crippen molar-refractivity contribution in [2.24, 2.45) is 5.92 Å². The average molecular weight is 223 g/mol. The summed E-state index contributed by atoms with van der Waals surface area (Å²) in [5, 5.41) is 3.61. The molecule has 16 heavy (non-hydrogen) atoms. The molecular formula is C12H21N3O. The first kappa shape index (κ1) is 10.5. The van der Waals surface area contributed by atoms with Crippen molar-refractivity contribution in [2.45, 2.75) is 31.3 Å². The summed E-state index contributed by atoms with van der Waals surface area (Å²) in [6, 6.07) is 0.682. The molecule has 0 aromatic carbocycles. The van der Waals surface area contributed by atoms with E-state index in [1.54, 1.807) is 0 Å². The molecule has 4 unspecified atom stereocenters. The summed E-state index contributed by atoms with van der Waals surface area (Å²) in [7, 11) is 1.90. The van der Waals surface area contributed by atoms with E-state index < -0.39 is 0 Å². The van der Waals surface area contributed by atoms with E-state index in [4.69, 9.17) is 0 Å². The molecule has 0 radical (unpaired) electrons. The highest BCUT2D eigenvalue weighted by atomic mass is 16.2. The maximum Gasteiger partial charge on any atom is 0.239 e. The molecule has 3 aliphatic heterocycles. The summed E-state index contributed by atoms with van der Waals surface area (Å²) >= 11 is 0. The molecular weight excluding hydrogens is 202 g/mol. The highest BCUT2D eigenvalue weighted by Crippen LogP contribution is 2.28. The van der Waals surface area contributed by atoms with Crippen LogP contribution in [0.1, 0.15) is 19.3 Å². The van der Waals surface area contributed by atoms with Gasteiger partial charge in [-0.15, -0.1) is 0 Å². The number of likely N-dealkylation sites (tertiary alicyclic amines) is 1. The van der Waals surface area contributed by atoms with Crippen molar-refractivity contribution in [3.8, 4) is 0 Å². The van der Waals surface area contributed by atoms with Crippen molar-refractivity contribution in [1.29, 1.82) is 0 Å². The number of amides is 1. The molecule has 3 rings (SSSR count). The number of hydrogen-bond donors (Lipinski definition) is 1. The van der Waals surface area contributed by atoms with Crippen molar-refractivity contribution in [1.82, 2.24) is 15.1 Å². The van der Waals surface area contributed by atoms with Gasteiger partial charge in [0.1, 0.15) is 0 Å². The van der Waals surface area contributed by atoms with Gasteiger partial charge in [-0.2, -0.15) is 0 Å². The fraction of sp³-hybridized carbons (Fsp3) is 0.917. The summed E-state index contributed by atoms with van der Waals surface area (Å²) in [6.45, 7) is 4.64. The van der Waals surface area contributed by atoms with Crippen molar-refractivity contribution < 1.29 is 4.79 Å². The van der Waals surface area contributed by atoms with Gasteiger partial charge in [-0.3, -0.25) is 4.79 Å². The Morgan fingerprint density at radius 1 is 1.19 bits per heavy atom. The Hall–Kier alpha value is -0.610. The van der Waals surface area contributed by atoms with Gasteiger partial charge in [0.05, 0.1) is 6.04 Å². The number of fused-ring (bicyclic) bond motifs is 2. The van der Waals surface area contributed by atoms with Gasteiger partial charge in [-0.25, -0.2) is 0 Å². The van der Waals surface area contributed by atoms with Crippen LogP contribution in [0.15, 0.2) is 0 Å². The van der Waals surface area contributed by atoms with Crippen LogP contribution in [0.3, 0.4) is 0 Å². The Kier molecular flexibility index (Phi) is 2.64. The molecule has 1 amide bonds. The maximum absolute atomic E-state index is 11.8. The zero-order valence-electron chi connectivity index (χ0n) is 9.98. The van der Waals surface area contributed by atoms with E-state index in [1.807, 2.05) is 11.9 Å². The summed E-state index contributed by atoms with van der Waals surface area (Å²) in [5.74, 6) is 1.08. The van der Waals surface area contributed by atoms with Crippen molar-refractivity contribution in [2.75, 3.05) is 33.2 Å². The highest BCUT2D eigenvalue weighted by molar-refractivity contribution is 5.83. The normalized spacial score (nSPS) is 43.1. The molecule has 0 saturated carbocycles. The van der Waals surface area contributed by atoms with Gasteiger partial charge in [0.2, 0.25) is 5.91 Å². The number of nitrogens with one attached hydrogen (secondary N) is 1. The molecule has 1 N–H and O–H groups in total. The molecule has 0 aromatic rings. The van der Waals surface area contributed by atoms with Crippen LogP contribution >= 0.6 is 0 Å². The number of piperidine rings is 1. The van der Waals surface area contributed by atoms with Crippen LogP contribution in [-0.2, 0) is 4.79 Å².